The van der Waals surface area contributed by atoms with Gasteiger partial charge in [0.1, 0.15) is 5.92 Å². The molecule has 1 aliphatic carbocycles. The van der Waals surface area contributed by atoms with Gasteiger partial charge in [-0.05, 0) is 57.1 Å². The fourth-order valence-corrected chi connectivity index (χ4v) is 5.12. The van der Waals surface area contributed by atoms with Gasteiger partial charge in [-0.25, -0.2) is 0 Å². The number of amides is 3. The molecular formula is C24H33N3O3. The van der Waals surface area contributed by atoms with E-state index in [2.05, 4.69) is 5.32 Å². The van der Waals surface area contributed by atoms with E-state index in [9.17, 15) is 14.4 Å². The number of likely N-dealkylation sites (tertiary alicyclic amines) is 1. The largest absolute Gasteiger partial charge is 0.353 e. The highest BCUT2D eigenvalue weighted by atomic mass is 16.2. The molecule has 1 atom stereocenters. The van der Waals surface area contributed by atoms with E-state index in [0.29, 0.717) is 38.4 Å². The first-order valence-electron chi connectivity index (χ1n) is 11.5. The van der Waals surface area contributed by atoms with E-state index < -0.39 is 5.92 Å². The number of hydrogen-bond donors (Lipinski definition) is 1. The van der Waals surface area contributed by atoms with Gasteiger partial charge in [0.05, 0.1) is 0 Å². The summed E-state index contributed by atoms with van der Waals surface area (Å²) in [7, 11) is 0. The molecule has 0 radical (unpaired) electrons. The lowest BCUT2D eigenvalue weighted by Crippen LogP contribution is -2.49. The zero-order valence-electron chi connectivity index (χ0n) is 17.9. The van der Waals surface area contributed by atoms with Crippen LogP contribution in [0.1, 0.15) is 56.9 Å². The van der Waals surface area contributed by atoms with Gasteiger partial charge >= 0.3 is 0 Å². The summed E-state index contributed by atoms with van der Waals surface area (Å²) in [5.41, 5.74) is 2.01. The van der Waals surface area contributed by atoms with E-state index in [1.165, 1.54) is 25.7 Å². The minimum Gasteiger partial charge on any atom is -0.353 e. The third-order valence-electron chi connectivity index (χ3n) is 6.97. The van der Waals surface area contributed by atoms with E-state index >= 15 is 0 Å². The molecule has 6 nitrogen and oxygen atoms in total. The highest BCUT2D eigenvalue weighted by molar-refractivity contribution is 6.09. The Labute approximate surface area is 179 Å². The van der Waals surface area contributed by atoms with Gasteiger partial charge < -0.3 is 15.1 Å². The Morgan fingerprint density at radius 2 is 1.63 bits per heavy atom. The maximum absolute atomic E-state index is 13.0. The highest BCUT2D eigenvalue weighted by Crippen LogP contribution is 2.29. The summed E-state index contributed by atoms with van der Waals surface area (Å²) in [5.74, 6) is 0.00362. The fourth-order valence-electron chi connectivity index (χ4n) is 5.12. The predicted octanol–water partition coefficient (Wildman–Crippen LogP) is 3.04. The maximum Gasteiger partial charge on any atom is 0.239 e. The topological polar surface area (TPSA) is 69.7 Å². The second kappa shape index (κ2) is 9.19. The van der Waals surface area contributed by atoms with Gasteiger partial charge in [-0.3, -0.25) is 14.4 Å². The minimum atomic E-state index is -0.570. The Morgan fingerprint density at radius 3 is 2.30 bits per heavy atom. The maximum atomic E-state index is 13.0. The number of aryl methyl sites for hydroxylation is 1. The molecule has 4 rings (SSSR count). The van der Waals surface area contributed by atoms with Crippen molar-refractivity contribution >= 4 is 23.4 Å². The molecular weight excluding hydrogens is 378 g/mol. The van der Waals surface area contributed by atoms with E-state index in [1.807, 2.05) is 36.1 Å². The predicted molar refractivity (Wildman–Crippen MR) is 116 cm³/mol. The molecule has 3 amide bonds. The molecule has 1 saturated carbocycles. The van der Waals surface area contributed by atoms with Crippen molar-refractivity contribution in [1.29, 1.82) is 0 Å². The van der Waals surface area contributed by atoms with Gasteiger partial charge in [0.15, 0.2) is 0 Å². The molecule has 162 valence electrons. The van der Waals surface area contributed by atoms with Gasteiger partial charge in [-0.2, -0.15) is 0 Å². The molecule has 2 saturated heterocycles. The van der Waals surface area contributed by atoms with Crippen LogP contribution in [-0.4, -0.2) is 48.3 Å². The van der Waals surface area contributed by atoms with Crippen LogP contribution in [0, 0.1) is 18.8 Å². The van der Waals surface area contributed by atoms with Crippen molar-refractivity contribution in [1.82, 2.24) is 10.2 Å². The normalized spacial score (nSPS) is 23.2. The summed E-state index contributed by atoms with van der Waals surface area (Å²) >= 11 is 0. The number of hydrogen-bond acceptors (Lipinski definition) is 3. The molecule has 0 aromatic heterocycles. The molecule has 3 aliphatic rings. The lowest BCUT2D eigenvalue weighted by Gasteiger charge is -2.33. The van der Waals surface area contributed by atoms with Crippen LogP contribution in [0.5, 0.6) is 0 Å². The van der Waals surface area contributed by atoms with E-state index in [4.69, 9.17) is 0 Å². The summed E-state index contributed by atoms with van der Waals surface area (Å²) in [6, 6.07) is 8.01. The molecule has 1 aromatic carbocycles. The van der Waals surface area contributed by atoms with E-state index in [0.717, 1.165) is 24.1 Å². The summed E-state index contributed by atoms with van der Waals surface area (Å²) < 4.78 is 0. The number of piperidine rings is 1. The first-order valence-corrected chi connectivity index (χ1v) is 11.5. The molecule has 1 unspecified atom stereocenters. The molecule has 2 aliphatic heterocycles. The molecule has 30 heavy (non-hydrogen) atoms. The smallest absolute Gasteiger partial charge is 0.239 e. The van der Waals surface area contributed by atoms with Crippen LogP contribution in [0.3, 0.4) is 0 Å². The summed E-state index contributed by atoms with van der Waals surface area (Å²) in [5, 5.41) is 3.16. The lowest BCUT2D eigenvalue weighted by molar-refractivity contribution is -0.140. The van der Waals surface area contributed by atoms with Gasteiger partial charge in [0.2, 0.25) is 17.7 Å². The number of nitrogens with one attached hydrogen (secondary N) is 1. The molecule has 1 aromatic rings. The fraction of sp³-hybridized carbons (Fsp3) is 0.625. The monoisotopic (exact) mass is 411 g/mol. The van der Waals surface area contributed by atoms with Crippen LogP contribution in [0.2, 0.25) is 0 Å². The van der Waals surface area contributed by atoms with Crippen LogP contribution < -0.4 is 10.2 Å². The summed E-state index contributed by atoms with van der Waals surface area (Å²) in [6.07, 6.45) is 7.60. The zero-order valence-corrected chi connectivity index (χ0v) is 17.9. The van der Waals surface area contributed by atoms with Gasteiger partial charge in [0, 0.05) is 37.8 Å². The number of carbonyl (C=O) groups is 3. The zero-order chi connectivity index (χ0) is 21.1. The van der Waals surface area contributed by atoms with Gasteiger partial charge in [-0.15, -0.1) is 0 Å². The first-order chi connectivity index (χ1) is 14.5. The number of nitrogens with zero attached hydrogens (tertiary/aromatic N) is 2. The Bertz CT molecular complexity index is 777. The molecule has 2 heterocycles. The Balaban J connectivity index is 1.25. The Morgan fingerprint density at radius 1 is 0.967 bits per heavy atom. The third-order valence-corrected chi connectivity index (χ3v) is 6.97. The van der Waals surface area contributed by atoms with Crippen molar-refractivity contribution in [2.24, 2.45) is 11.8 Å². The van der Waals surface area contributed by atoms with E-state index in [-0.39, 0.29) is 23.8 Å². The number of benzene rings is 1. The van der Waals surface area contributed by atoms with Crippen molar-refractivity contribution in [2.75, 3.05) is 24.5 Å². The van der Waals surface area contributed by atoms with Crippen LogP contribution in [-0.2, 0) is 14.4 Å². The van der Waals surface area contributed by atoms with Crippen molar-refractivity contribution in [3.05, 3.63) is 29.8 Å². The third kappa shape index (κ3) is 4.68. The minimum absolute atomic E-state index is 0.0506. The standard InChI is InChI=1S/C24H33N3O3/c1-17-6-8-20(9-7-17)27-15-12-21(24(27)30)23(29)26-13-10-19(11-14-26)25-22(28)16-18-4-2-3-5-18/h6-9,18-19,21H,2-5,10-16H2,1H3,(H,25,28). The molecule has 6 heteroatoms. The molecule has 3 fully saturated rings. The van der Waals surface area contributed by atoms with Crippen LogP contribution >= 0.6 is 0 Å². The van der Waals surface area contributed by atoms with Crippen molar-refractivity contribution in [3.8, 4) is 0 Å². The van der Waals surface area contributed by atoms with Crippen LogP contribution in [0.15, 0.2) is 24.3 Å². The Kier molecular flexibility index (Phi) is 6.40. The summed E-state index contributed by atoms with van der Waals surface area (Å²) in [6.45, 7) is 3.83. The van der Waals surface area contributed by atoms with Crippen LogP contribution in [0.4, 0.5) is 5.69 Å². The first kappa shape index (κ1) is 20.9. The van der Waals surface area contributed by atoms with E-state index in [1.54, 1.807) is 4.90 Å². The number of anilines is 1. The molecule has 0 spiro atoms. The molecule has 0 bridgehead atoms. The highest BCUT2D eigenvalue weighted by Gasteiger charge is 2.40. The second-order valence-electron chi connectivity index (χ2n) is 9.19. The Hall–Kier alpha value is -2.37. The number of rotatable bonds is 5. The lowest BCUT2D eigenvalue weighted by atomic mass is 9.99. The van der Waals surface area contributed by atoms with Crippen molar-refractivity contribution in [2.45, 2.75) is 64.3 Å². The number of carbonyl (C=O) groups excluding carboxylic acids is 3. The average molecular weight is 412 g/mol. The second-order valence-corrected chi connectivity index (χ2v) is 9.19. The van der Waals surface area contributed by atoms with Crippen molar-refractivity contribution < 1.29 is 14.4 Å². The SMILES string of the molecule is Cc1ccc(N2CCC(C(=O)N3CCC(NC(=O)CC4CCCC4)CC3)C2=O)cc1. The van der Waals surface area contributed by atoms with Gasteiger partial charge in [0.25, 0.3) is 0 Å². The summed E-state index contributed by atoms with van der Waals surface area (Å²) in [4.78, 5) is 41.7. The average Bonchev–Trinajstić information content (AvgIpc) is 3.38. The molecule has 1 N–H and O–H groups in total. The van der Waals surface area contributed by atoms with Gasteiger partial charge in [-0.1, -0.05) is 30.5 Å². The quantitative estimate of drug-likeness (QED) is 0.757. The van der Waals surface area contributed by atoms with Crippen LogP contribution in [0.25, 0.3) is 0 Å². The van der Waals surface area contributed by atoms with Crippen molar-refractivity contribution in [3.63, 3.8) is 0 Å².